The van der Waals surface area contributed by atoms with Crippen LogP contribution in [0.2, 0.25) is 0 Å². The number of carbonyl (C=O) groups excluding carboxylic acids is 1. The monoisotopic (exact) mass is 433 g/mol. The summed E-state index contributed by atoms with van der Waals surface area (Å²) in [5, 5.41) is 7.23. The highest BCUT2D eigenvalue weighted by Crippen LogP contribution is 2.21. The van der Waals surface area contributed by atoms with Gasteiger partial charge in [-0.3, -0.25) is 9.69 Å². The number of carbonyl (C=O) groups is 1. The Balaban J connectivity index is 1.19. The van der Waals surface area contributed by atoms with Gasteiger partial charge in [0, 0.05) is 37.3 Å². The molecule has 1 aliphatic rings. The van der Waals surface area contributed by atoms with Crippen LogP contribution in [0.25, 0.3) is 11.4 Å². The molecule has 2 aromatic carbocycles. The fourth-order valence-corrected chi connectivity index (χ4v) is 4.07. The number of aromatic nitrogens is 2. The Morgan fingerprint density at radius 3 is 2.69 bits per heavy atom. The predicted octanol–water partition coefficient (Wildman–Crippen LogP) is 3.51. The van der Waals surface area contributed by atoms with Crippen molar-refractivity contribution in [3.63, 3.8) is 0 Å². The van der Waals surface area contributed by atoms with Crippen LogP contribution in [0, 0.1) is 12.8 Å². The molecule has 1 fully saturated rings. The Hall–Kier alpha value is -3.19. The predicted molar refractivity (Wildman–Crippen MR) is 125 cm³/mol. The summed E-state index contributed by atoms with van der Waals surface area (Å²) < 4.78 is 5.46. The van der Waals surface area contributed by atoms with E-state index in [9.17, 15) is 4.79 Å². The number of anilines is 1. The van der Waals surface area contributed by atoms with Crippen LogP contribution < -0.4 is 10.2 Å². The number of nitrogens with zero attached hydrogens (tertiary/aromatic N) is 4. The zero-order chi connectivity index (χ0) is 22.3. The molecule has 168 valence electrons. The Kier molecular flexibility index (Phi) is 7.17. The van der Waals surface area contributed by atoms with Crippen LogP contribution in [0.3, 0.4) is 0 Å². The van der Waals surface area contributed by atoms with Gasteiger partial charge in [0.15, 0.2) is 0 Å². The molecule has 7 nitrogen and oxygen atoms in total. The van der Waals surface area contributed by atoms with Gasteiger partial charge in [-0.2, -0.15) is 4.98 Å². The van der Waals surface area contributed by atoms with Crippen molar-refractivity contribution in [2.24, 2.45) is 5.92 Å². The molecular weight excluding hydrogens is 402 g/mol. The average Bonchev–Trinajstić information content (AvgIpc) is 3.28. The second kappa shape index (κ2) is 10.4. The molecule has 1 saturated heterocycles. The van der Waals surface area contributed by atoms with Crippen molar-refractivity contribution in [3.8, 4) is 11.4 Å². The molecule has 7 heteroatoms. The molecule has 0 bridgehead atoms. The number of benzene rings is 2. The minimum Gasteiger partial charge on any atom is -0.373 e. The summed E-state index contributed by atoms with van der Waals surface area (Å²) in [5.41, 5.74) is 3.29. The van der Waals surface area contributed by atoms with Gasteiger partial charge in [-0.25, -0.2) is 0 Å². The molecule has 3 aromatic rings. The van der Waals surface area contributed by atoms with E-state index >= 15 is 0 Å². The normalized spacial score (nSPS) is 14.9. The van der Waals surface area contributed by atoms with E-state index in [-0.39, 0.29) is 11.8 Å². The zero-order valence-electron chi connectivity index (χ0n) is 18.8. The first kappa shape index (κ1) is 22.0. The number of aryl methyl sites for hydroxylation is 1. The molecule has 0 saturated carbocycles. The van der Waals surface area contributed by atoms with Crippen molar-refractivity contribution in [1.29, 1.82) is 0 Å². The Bertz CT molecular complexity index is 1010. The van der Waals surface area contributed by atoms with E-state index in [1.807, 2.05) is 50.4 Å². The van der Waals surface area contributed by atoms with Gasteiger partial charge in [0.05, 0.1) is 6.54 Å². The van der Waals surface area contributed by atoms with Crippen molar-refractivity contribution in [1.82, 2.24) is 20.4 Å². The number of nitrogens with one attached hydrogen (secondary N) is 1. The van der Waals surface area contributed by atoms with Crippen LogP contribution in [0.5, 0.6) is 0 Å². The second-order valence-corrected chi connectivity index (χ2v) is 8.48. The van der Waals surface area contributed by atoms with Crippen LogP contribution in [0.15, 0.2) is 59.1 Å². The topological polar surface area (TPSA) is 74.5 Å². The van der Waals surface area contributed by atoms with Crippen molar-refractivity contribution in [2.45, 2.75) is 26.3 Å². The second-order valence-electron chi connectivity index (χ2n) is 8.48. The van der Waals surface area contributed by atoms with E-state index in [1.54, 1.807) is 0 Å². The van der Waals surface area contributed by atoms with Gasteiger partial charge in [-0.1, -0.05) is 47.1 Å². The summed E-state index contributed by atoms with van der Waals surface area (Å²) in [6, 6.07) is 18.3. The fraction of sp³-hybridized carbons (Fsp3) is 0.400. The lowest BCUT2D eigenvalue weighted by Gasteiger charge is -2.30. The quantitative estimate of drug-likeness (QED) is 0.586. The van der Waals surface area contributed by atoms with E-state index in [0.29, 0.717) is 24.8 Å². The third-order valence-corrected chi connectivity index (χ3v) is 6.01. The fourth-order valence-electron chi connectivity index (χ4n) is 4.07. The number of hydrogen-bond donors (Lipinski definition) is 1. The molecule has 0 aliphatic carbocycles. The van der Waals surface area contributed by atoms with Crippen LogP contribution in [0.4, 0.5) is 5.69 Å². The molecule has 1 amide bonds. The maximum atomic E-state index is 12.6. The molecule has 32 heavy (non-hydrogen) atoms. The van der Waals surface area contributed by atoms with Gasteiger partial charge in [0.2, 0.25) is 17.6 Å². The van der Waals surface area contributed by atoms with Crippen LogP contribution in [-0.4, -0.2) is 54.2 Å². The molecule has 0 radical (unpaired) electrons. The molecule has 4 rings (SSSR count). The summed E-state index contributed by atoms with van der Waals surface area (Å²) >= 11 is 0. The minimum absolute atomic E-state index is 0.0684. The van der Waals surface area contributed by atoms with Crippen molar-refractivity contribution < 1.29 is 9.32 Å². The van der Waals surface area contributed by atoms with Crippen LogP contribution in [-0.2, 0) is 11.3 Å². The number of rotatable bonds is 8. The van der Waals surface area contributed by atoms with Crippen LogP contribution in [0.1, 0.15) is 24.3 Å². The van der Waals surface area contributed by atoms with E-state index in [2.05, 4.69) is 43.5 Å². The minimum atomic E-state index is 0.0684. The SMILES string of the molecule is Cc1cccc(-c2noc(CN3CCC(C(=O)NCCN(C)c4ccccc4)CC3)n2)c1. The summed E-state index contributed by atoms with van der Waals surface area (Å²) in [6.45, 7) is 5.80. The van der Waals surface area contributed by atoms with E-state index in [1.165, 1.54) is 5.56 Å². The molecule has 0 spiro atoms. The molecule has 0 unspecified atom stereocenters. The number of para-hydroxylation sites is 1. The van der Waals surface area contributed by atoms with Crippen molar-refractivity contribution in [3.05, 3.63) is 66.1 Å². The Morgan fingerprint density at radius 2 is 1.94 bits per heavy atom. The Morgan fingerprint density at radius 1 is 1.16 bits per heavy atom. The largest absolute Gasteiger partial charge is 0.373 e. The standard InChI is InChI=1S/C25H31N5O2/c1-19-7-6-8-21(17-19)24-27-23(32-28-24)18-30-14-11-20(12-15-30)25(31)26-13-16-29(2)22-9-4-3-5-10-22/h3-10,17,20H,11-16,18H2,1-2H3,(H,26,31). The summed E-state index contributed by atoms with van der Waals surface area (Å²) in [7, 11) is 2.04. The van der Waals surface area contributed by atoms with Crippen LogP contribution >= 0.6 is 0 Å². The lowest BCUT2D eigenvalue weighted by molar-refractivity contribution is -0.126. The molecule has 0 atom stereocenters. The number of hydrogen-bond acceptors (Lipinski definition) is 6. The molecule has 1 N–H and O–H groups in total. The number of amides is 1. The van der Waals surface area contributed by atoms with Gasteiger partial charge in [0.25, 0.3) is 0 Å². The number of likely N-dealkylation sites (tertiary alicyclic amines) is 1. The molecule has 1 aliphatic heterocycles. The first-order chi connectivity index (χ1) is 15.6. The van der Waals surface area contributed by atoms with Crippen molar-refractivity contribution in [2.75, 3.05) is 38.1 Å². The van der Waals surface area contributed by atoms with E-state index < -0.39 is 0 Å². The first-order valence-corrected chi connectivity index (χ1v) is 11.2. The van der Waals surface area contributed by atoms with Gasteiger partial charge >= 0.3 is 0 Å². The molecule has 1 aromatic heterocycles. The third kappa shape index (κ3) is 5.73. The number of likely N-dealkylation sites (N-methyl/N-ethyl adjacent to an activating group) is 1. The lowest BCUT2D eigenvalue weighted by atomic mass is 9.96. The highest BCUT2D eigenvalue weighted by atomic mass is 16.5. The van der Waals surface area contributed by atoms with E-state index in [4.69, 9.17) is 4.52 Å². The molecule has 2 heterocycles. The van der Waals surface area contributed by atoms with Gasteiger partial charge in [-0.15, -0.1) is 0 Å². The van der Waals surface area contributed by atoms with Gasteiger partial charge < -0.3 is 14.7 Å². The van der Waals surface area contributed by atoms with E-state index in [0.717, 1.165) is 43.7 Å². The van der Waals surface area contributed by atoms with Crippen molar-refractivity contribution >= 4 is 11.6 Å². The average molecular weight is 434 g/mol. The number of piperidine rings is 1. The van der Waals surface area contributed by atoms with Gasteiger partial charge in [-0.05, 0) is 51.1 Å². The van der Waals surface area contributed by atoms with Gasteiger partial charge in [0.1, 0.15) is 0 Å². The Labute approximate surface area is 189 Å². The molecular formula is C25H31N5O2. The first-order valence-electron chi connectivity index (χ1n) is 11.2. The summed E-state index contributed by atoms with van der Waals surface area (Å²) in [5.74, 6) is 1.47. The summed E-state index contributed by atoms with van der Waals surface area (Å²) in [4.78, 5) is 21.6. The summed E-state index contributed by atoms with van der Waals surface area (Å²) in [6.07, 6.45) is 1.69. The maximum Gasteiger partial charge on any atom is 0.241 e. The zero-order valence-corrected chi connectivity index (χ0v) is 18.8. The smallest absolute Gasteiger partial charge is 0.241 e. The lowest BCUT2D eigenvalue weighted by Crippen LogP contribution is -2.42. The highest BCUT2D eigenvalue weighted by Gasteiger charge is 2.26. The maximum absolute atomic E-state index is 12.6. The highest BCUT2D eigenvalue weighted by molar-refractivity contribution is 5.78. The third-order valence-electron chi connectivity index (χ3n) is 6.01.